The van der Waals surface area contributed by atoms with Gasteiger partial charge < -0.3 is 9.67 Å². The van der Waals surface area contributed by atoms with Crippen LogP contribution in [0.1, 0.15) is 17.3 Å². The second-order valence-corrected chi connectivity index (χ2v) is 2.78. The third kappa shape index (κ3) is 2.32. The predicted octanol–water partition coefficient (Wildman–Crippen LogP) is 1.12. The van der Waals surface area contributed by atoms with Gasteiger partial charge in [-0.05, 0) is 13.0 Å². The molecule has 74 valence electrons. The van der Waals surface area contributed by atoms with Crippen molar-refractivity contribution in [3.8, 4) is 0 Å². The molecule has 0 fully saturated rings. The molecule has 0 bridgehead atoms. The highest BCUT2D eigenvalue weighted by Gasteiger charge is 2.03. The van der Waals surface area contributed by atoms with Crippen LogP contribution in [-0.4, -0.2) is 15.6 Å². The molecule has 0 aliphatic rings. The average Bonchev–Trinajstić information content (AvgIpc) is 2.15. The molecule has 4 heteroatoms. The highest BCUT2D eigenvalue weighted by Crippen LogP contribution is 1.94. The van der Waals surface area contributed by atoms with E-state index in [0.717, 1.165) is 6.07 Å². The van der Waals surface area contributed by atoms with E-state index in [0.29, 0.717) is 6.54 Å². The molecule has 0 aliphatic heterocycles. The molecule has 14 heavy (non-hydrogen) atoms. The molecule has 0 aromatic carbocycles. The molecule has 0 unspecified atom stereocenters. The summed E-state index contributed by atoms with van der Waals surface area (Å²) in [6.45, 7) is 2.33. The van der Waals surface area contributed by atoms with E-state index >= 15 is 0 Å². The van der Waals surface area contributed by atoms with Crippen molar-refractivity contribution in [2.75, 3.05) is 0 Å². The van der Waals surface area contributed by atoms with Gasteiger partial charge in [0.1, 0.15) is 0 Å². The van der Waals surface area contributed by atoms with Gasteiger partial charge in [-0.1, -0.05) is 12.2 Å². The first-order chi connectivity index (χ1) is 6.65. The summed E-state index contributed by atoms with van der Waals surface area (Å²) in [5.41, 5.74) is -0.283. The van der Waals surface area contributed by atoms with Crippen molar-refractivity contribution >= 4 is 5.97 Å². The van der Waals surface area contributed by atoms with Gasteiger partial charge in [0.2, 0.25) is 0 Å². The zero-order valence-electron chi connectivity index (χ0n) is 7.80. The first kappa shape index (κ1) is 10.2. The zero-order chi connectivity index (χ0) is 10.6. The van der Waals surface area contributed by atoms with Crippen LogP contribution >= 0.6 is 0 Å². The zero-order valence-corrected chi connectivity index (χ0v) is 7.80. The van der Waals surface area contributed by atoms with E-state index < -0.39 is 5.97 Å². The van der Waals surface area contributed by atoms with Crippen LogP contribution in [0.5, 0.6) is 0 Å². The molecule has 1 heterocycles. The van der Waals surface area contributed by atoms with Crippen molar-refractivity contribution in [1.29, 1.82) is 0 Å². The van der Waals surface area contributed by atoms with E-state index in [2.05, 4.69) is 0 Å². The lowest BCUT2D eigenvalue weighted by Crippen LogP contribution is -2.19. The fourth-order valence-corrected chi connectivity index (χ4v) is 1.01. The van der Waals surface area contributed by atoms with Gasteiger partial charge in [0.15, 0.2) is 0 Å². The molecular weight excluding hydrogens is 182 g/mol. The van der Waals surface area contributed by atoms with Crippen LogP contribution in [0.15, 0.2) is 35.3 Å². The summed E-state index contributed by atoms with van der Waals surface area (Å²) in [4.78, 5) is 21.8. The van der Waals surface area contributed by atoms with E-state index in [1.54, 1.807) is 0 Å². The number of pyridine rings is 1. The maximum Gasteiger partial charge on any atom is 0.335 e. The molecule has 0 atom stereocenters. The van der Waals surface area contributed by atoms with Crippen LogP contribution in [0.2, 0.25) is 0 Å². The predicted molar refractivity (Wildman–Crippen MR) is 52.5 cm³/mol. The van der Waals surface area contributed by atoms with Crippen molar-refractivity contribution in [2.24, 2.45) is 0 Å². The maximum atomic E-state index is 11.3. The Kier molecular flexibility index (Phi) is 3.23. The van der Waals surface area contributed by atoms with Gasteiger partial charge in [-0.2, -0.15) is 0 Å². The molecule has 1 aromatic heterocycles. The van der Waals surface area contributed by atoms with Crippen LogP contribution in [0.3, 0.4) is 0 Å². The van der Waals surface area contributed by atoms with Crippen molar-refractivity contribution in [3.63, 3.8) is 0 Å². The summed E-state index contributed by atoms with van der Waals surface area (Å²) in [5.74, 6) is -1.08. The minimum Gasteiger partial charge on any atom is -0.478 e. The molecule has 1 N–H and O–H groups in total. The Labute approximate surface area is 81.1 Å². The summed E-state index contributed by atoms with van der Waals surface area (Å²) in [7, 11) is 0. The number of aromatic carboxylic acids is 1. The number of hydrogen-bond donors (Lipinski definition) is 1. The van der Waals surface area contributed by atoms with Gasteiger partial charge in [0, 0.05) is 18.8 Å². The van der Waals surface area contributed by atoms with E-state index in [-0.39, 0.29) is 11.1 Å². The summed E-state index contributed by atoms with van der Waals surface area (Å²) in [6, 6.07) is 2.53. The highest BCUT2D eigenvalue weighted by molar-refractivity contribution is 5.87. The summed E-state index contributed by atoms with van der Waals surface area (Å²) in [6.07, 6.45) is 5.13. The number of rotatable bonds is 3. The maximum absolute atomic E-state index is 11.3. The second kappa shape index (κ2) is 4.41. The van der Waals surface area contributed by atoms with Crippen molar-refractivity contribution in [2.45, 2.75) is 13.5 Å². The van der Waals surface area contributed by atoms with Gasteiger partial charge in [-0.3, -0.25) is 4.79 Å². The van der Waals surface area contributed by atoms with Crippen LogP contribution < -0.4 is 5.56 Å². The lowest BCUT2D eigenvalue weighted by atomic mass is 10.3. The highest BCUT2D eigenvalue weighted by atomic mass is 16.4. The van der Waals surface area contributed by atoms with Crippen LogP contribution in [0.25, 0.3) is 0 Å². The Morgan fingerprint density at radius 1 is 1.64 bits per heavy atom. The third-order valence-electron chi connectivity index (χ3n) is 1.78. The minimum atomic E-state index is -1.08. The van der Waals surface area contributed by atoms with Crippen LogP contribution in [-0.2, 0) is 6.54 Å². The molecule has 0 aliphatic carbocycles. The minimum absolute atomic E-state index is 0.0201. The summed E-state index contributed by atoms with van der Waals surface area (Å²) < 4.78 is 1.44. The summed E-state index contributed by atoms with van der Waals surface area (Å²) >= 11 is 0. The Morgan fingerprint density at radius 3 is 2.86 bits per heavy atom. The molecule has 1 aromatic rings. The SMILES string of the molecule is C/C=C/Cn1ccc(C(=O)O)cc1=O. The number of carbonyl (C=O) groups is 1. The lowest BCUT2D eigenvalue weighted by Gasteiger charge is -2.01. The number of aromatic nitrogens is 1. The quantitative estimate of drug-likeness (QED) is 0.732. The van der Waals surface area contributed by atoms with Crippen molar-refractivity contribution < 1.29 is 9.90 Å². The van der Waals surface area contributed by atoms with E-state index in [4.69, 9.17) is 5.11 Å². The molecule has 0 spiro atoms. The molecule has 4 nitrogen and oxygen atoms in total. The first-order valence-electron chi connectivity index (χ1n) is 4.20. The third-order valence-corrected chi connectivity index (χ3v) is 1.78. The molecule has 0 saturated heterocycles. The Hall–Kier alpha value is -1.84. The van der Waals surface area contributed by atoms with Gasteiger partial charge in [-0.15, -0.1) is 0 Å². The van der Waals surface area contributed by atoms with Gasteiger partial charge >= 0.3 is 5.97 Å². The van der Waals surface area contributed by atoms with Gasteiger partial charge in [-0.25, -0.2) is 4.79 Å². The van der Waals surface area contributed by atoms with E-state index in [1.807, 2.05) is 19.1 Å². The number of carboxylic acids is 1. The largest absolute Gasteiger partial charge is 0.478 e. The molecule has 0 amide bonds. The van der Waals surface area contributed by atoms with Gasteiger partial charge in [0.05, 0.1) is 5.56 Å². The van der Waals surface area contributed by atoms with Crippen molar-refractivity contribution in [3.05, 3.63) is 46.4 Å². The molecule has 0 saturated carbocycles. The van der Waals surface area contributed by atoms with E-state index in [1.165, 1.54) is 16.8 Å². The van der Waals surface area contributed by atoms with Gasteiger partial charge in [0.25, 0.3) is 5.56 Å². The Morgan fingerprint density at radius 2 is 2.36 bits per heavy atom. The lowest BCUT2D eigenvalue weighted by molar-refractivity contribution is 0.0696. The van der Waals surface area contributed by atoms with Crippen LogP contribution in [0, 0.1) is 0 Å². The van der Waals surface area contributed by atoms with E-state index in [9.17, 15) is 9.59 Å². The number of carboxylic acid groups (broad SMARTS) is 1. The molecule has 0 radical (unpaired) electrons. The van der Waals surface area contributed by atoms with Crippen LogP contribution in [0.4, 0.5) is 0 Å². The number of allylic oxidation sites excluding steroid dienone is 2. The normalized spacial score (nSPS) is 10.6. The number of hydrogen-bond acceptors (Lipinski definition) is 2. The topological polar surface area (TPSA) is 59.3 Å². The molecule has 1 rings (SSSR count). The number of nitrogens with zero attached hydrogens (tertiary/aromatic N) is 1. The standard InChI is InChI=1S/C10H11NO3/c1-2-3-5-11-6-4-8(10(13)14)7-9(11)12/h2-4,6-7H,5H2,1H3,(H,13,14)/b3-2+. The Bertz CT molecular complexity index is 418. The summed E-state index contributed by atoms with van der Waals surface area (Å²) in [5, 5.41) is 8.61. The first-order valence-corrected chi connectivity index (χ1v) is 4.20. The average molecular weight is 193 g/mol. The molecular formula is C10H11NO3. The fourth-order valence-electron chi connectivity index (χ4n) is 1.01. The Balaban J connectivity index is 3.02. The second-order valence-electron chi connectivity index (χ2n) is 2.78. The fraction of sp³-hybridized carbons (Fsp3) is 0.200. The monoisotopic (exact) mass is 193 g/mol. The smallest absolute Gasteiger partial charge is 0.335 e. The van der Waals surface area contributed by atoms with Crippen molar-refractivity contribution in [1.82, 2.24) is 4.57 Å².